The first kappa shape index (κ1) is 21.4. The van der Waals surface area contributed by atoms with Gasteiger partial charge in [0, 0.05) is 0 Å². The topological polar surface area (TPSA) is 43.5 Å². The van der Waals surface area contributed by atoms with Crippen LogP contribution < -0.4 is 0 Å². The predicted octanol–water partition coefficient (Wildman–Crippen LogP) is 4.70. The Kier molecular flexibility index (Phi) is 6.95. The van der Waals surface area contributed by atoms with Crippen LogP contribution >= 0.6 is 0 Å². The van der Waals surface area contributed by atoms with Gasteiger partial charge in [0.05, 0.1) is 39.6 Å². The van der Waals surface area contributed by atoms with Crippen molar-refractivity contribution in [2.45, 2.75) is 38.3 Å². The average Bonchev–Trinajstić information content (AvgIpc) is 3.73. The molecule has 4 nitrogen and oxygen atoms in total. The quantitative estimate of drug-likeness (QED) is 0.391. The Balaban J connectivity index is 1.10. The van der Waals surface area contributed by atoms with Gasteiger partial charge in [-0.3, -0.25) is 0 Å². The lowest BCUT2D eigenvalue weighted by Crippen LogP contribution is -2.01. The molecule has 2 aliphatic rings. The molecule has 0 spiro atoms. The first-order chi connectivity index (χ1) is 15.8. The Morgan fingerprint density at radius 2 is 1.00 bits per heavy atom. The molecule has 2 unspecified atom stereocenters. The van der Waals surface area contributed by atoms with Gasteiger partial charge in [-0.1, -0.05) is 72.8 Å². The Bertz CT molecular complexity index is 989. The van der Waals surface area contributed by atoms with Crippen LogP contribution in [0.5, 0.6) is 0 Å². The fraction of sp³-hybridized carbons (Fsp3) is 0.357. The summed E-state index contributed by atoms with van der Waals surface area (Å²) in [6.45, 7) is 4.37. The normalized spacial score (nSPS) is 19.1. The van der Waals surface area contributed by atoms with Crippen molar-refractivity contribution in [3.8, 4) is 0 Å². The Morgan fingerprint density at radius 3 is 1.53 bits per heavy atom. The predicted molar refractivity (Wildman–Crippen MR) is 124 cm³/mol. The largest absolute Gasteiger partial charge is 0.374 e. The molecular weight excluding hydrogens is 400 g/mol. The van der Waals surface area contributed by atoms with Crippen molar-refractivity contribution in [1.82, 2.24) is 0 Å². The minimum atomic E-state index is 0.316. The summed E-state index contributed by atoms with van der Waals surface area (Å²) in [7, 11) is 0. The minimum absolute atomic E-state index is 0.316. The third-order valence-electron chi connectivity index (χ3n) is 5.80. The number of hydrogen-bond donors (Lipinski definition) is 0. The van der Waals surface area contributed by atoms with Crippen molar-refractivity contribution in [2.75, 3.05) is 26.4 Å². The molecule has 3 aromatic carbocycles. The standard InChI is InChI=1S/C28H30O4/c1-2-25(14-26(3-1)16-30-18-28-20-32-28)13-23-6-4-21(5-7-23)12-22-8-10-24(11-9-22)15-29-17-27-19-31-27/h1-11,14,27-28H,12-13,15-20H2. The summed E-state index contributed by atoms with van der Waals surface area (Å²) >= 11 is 0. The molecule has 2 atom stereocenters. The lowest BCUT2D eigenvalue weighted by molar-refractivity contribution is 0.104. The molecule has 3 aromatic rings. The van der Waals surface area contributed by atoms with E-state index in [0.29, 0.717) is 38.6 Å². The van der Waals surface area contributed by atoms with Crippen LogP contribution in [-0.2, 0) is 45.0 Å². The highest BCUT2D eigenvalue weighted by molar-refractivity contribution is 5.33. The molecule has 5 rings (SSSR count). The van der Waals surface area contributed by atoms with E-state index in [-0.39, 0.29) is 0 Å². The molecule has 2 fully saturated rings. The summed E-state index contributed by atoms with van der Waals surface area (Å²) in [4.78, 5) is 0. The van der Waals surface area contributed by atoms with Gasteiger partial charge in [0.1, 0.15) is 12.2 Å². The van der Waals surface area contributed by atoms with Crippen molar-refractivity contribution < 1.29 is 18.9 Å². The van der Waals surface area contributed by atoms with E-state index >= 15 is 0 Å². The van der Waals surface area contributed by atoms with Gasteiger partial charge >= 0.3 is 0 Å². The van der Waals surface area contributed by atoms with Crippen molar-refractivity contribution in [3.63, 3.8) is 0 Å². The van der Waals surface area contributed by atoms with Crippen LogP contribution in [0.25, 0.3) is 0 Å². The lowest BCUT2D eigenvalue weighted by atomic mass is 9.99. The third kappa shape index (κ3) is 6.75. The first-order valence-corrected chi connectivity index (χ1v) is 11.4. The summed E-state index contributed by atoms with van der Waals surface area (Å²) < 4.78 is 21.7. The van der Waals surface area contributed by atoms with E-state index in [1.54, 1.807) is 0 Å². The van der Waals surface area contributed by atoms with Gasteiger partial charge in [-0.25, -0.2) is 0 Å². The SMILES string of the molecule is c1cc(COCC2CO2)cc(Cc2ccc(Cc3ccc(COCC4CO4)cc3)cc2)c1. The molecule has 0 radical (unpaired) electrons. The summed E-state index contributed by atoms with van der Waals surface area (Å²) in [6.07, 6.45) is 2.51. The second kappa shape index (κ2) is 10.4. The summed E-state index contributed by atoms with van der Waals surface area (Å²) in [6, 6.07) is 26.3. The van der Waals surface area contributed by atoms with Crippen LogP contribution in [0, 0.1) is 0 Å². The monoisotopic (exact) mass is 430 g/mol. The van der Waals surface area contributed by atoms with Gasteiger partial charge in [-0.2, -0.15) is 0 Å². The number of benzene rings is 3. The fourth-order valence-corrected chi connectivity index (χ4v) is 3.77. The smallest absolute Gasteiger partial charge is 0.104 e. The van der Waals surface area contributed by atoms with Crippen molar-refractivity contribution in [3.05, 3.63) is 106 Å². The highest BCUT2D eigenvalue weighted by Crippen LogP contribution is 2.17. The zero-order valence-electron chi connectivity index (χ0n) is 18.4. The van der Waals surface area contributed by atoms with Crippen LogP contribution in [0.1, 0.15) is 33.4 Å². The molecule has 0 amide bonds. The fourth-order valence-electron chi connectivity index (χ4n) is 3.77. The molecule has 32 heavy (non-hydrogen) atoms. The van der Waals surface area contributed by atoms with E-state index in [9.17, 15) is 0 Å². The van der Waals surface area contributed by atoms with Gasteiger partial charge in [0.25, 0.3) is 0 Å². The number of ether oxygens (including phenoxy) is 4. The van der Waals surface area contributed by atoms with Crippen LogP contribution in [-0.4, -0.2) is 38.6 Å². The Labute approximate surface area is 190 Å². The van der Waals surface area contributed by atoms with Crippen LogP contribution in [0.4, 0.5) is 0 Å². The summed E-state index contributed by atoms with van der Waals surface area (Å²) in [5, 5.41) is 0. The van der Waals surface area contributed by atoms with E-state index in [1.807, 2.05) is 0 Å². The maximum Gasteiger partial charge on any atom is 0.104 e. The number of epoxide rings is 2. The second-order valence-corrected chi connectivity index (χ2v) is 8.75. The Hall–Kier alpha value is -2.50. The van der Waals surface area contributed by atoms with Gasteiger partial charge in [0.15, 0.2) is 0 Å². The van der Waals surface area contributed by atoms with Gasteiger partial charge in [-0.05, 0) is 46.2 Å². The molecule has 2 heterocycles. The molecule has 4 heteroatoms. The molecule has 2 saturated heterocycles. The minimum Gasteiger partial charge on any atom is -0.374 e. The van der Waals surface area contributed by atoms with E-state index in [0.717, 1.165) is 26.1 Å². The highest BCUT2D eigenvalue weighted by Gasteiger charge is 2.22. The number of hydrogen-bond acceptors (Lipinski definition) is 4. The van der Waals surface area contributed by atoms with E-state index in [2.05, 4.69) is 72.8 Å². The maximum absolute atomic E-state index is 5.72. The molecule has 0 N–H and O–H groups in total. The van der Waals surface area contributed by atoms with Crippen molar-refractivity contribution in [2.24, 2.45) is 0 Å². The second-order valence-electron chi connectivity index (χ2n) is 8.75. The van der Waals surface area contributed by atoms with Gasteiger partial charge in [0.2, 0.25) is 0 Å². The number of rotatable bonds is 12. The van der Waals surface area contributed by atoms with E-state index in [1.165, 1.54) is 33.4 Å². The molecule has 0 aliphatic carbocycles. The molecule has 2 aliphatic heterocycles. The zero-order chi connectivity index (χ0) is 21.6. The van der Waals surface area contributed by atoms with E-state index < -0.39 is 0 Å². The maximum atomic E-state index is 5.72. The van der Waals surface area contributed by atoms with Crippen molar-refractivity contribution in [1.29, 1.82) is 0 Å². The zero-order valence-corrected chi connectivity index (χ0v) is 18.4. The van der Waals surface area contributed by atoms with Crippen LogP contribution in [0.15, 0.2) is 72.8 Å². The van der Waals surface area contributed by atoms with Gasteiger partial charge < -0.3 is 18.9 Å². The average molecular weight is 431 g/mol. The molecule has 166 valence electrons. The molecule has 0 bridgehead atoms. The van der Waals surface area contributed by atoms with E-state index in [4.69, 9.17) is 18.9 Å². The van der Waals surface area contributed by atoms with Crippen LogP contribution in [0.2, 0.25) is 0 Å². The molecular formula is C28H30O4. The summed E-state index contributed by atoms with van der Waals surface area (Å²) in [5.41, 5.74) is 7.70. The summed E-state index contributed by atoms with van der Waals surface area (Å²) in [5.74, 6) is 0. The highest BCUT2D eigenvalue weighted by atomic mass is 16.6. The van der Waals surface area contributed by atoms with Crippen molar-refractivity contribution >= 4 is 0 Å². The third-order valence-corrected chi connectivity index (χ3v) is 5.80. The molecule has 0 saturated carbocycles. The Morgan fingerprint density at radius 1 is 0.562 bits per heavy atom. The van der Waals surface area contributed by atoms with Gasteiger partial charge in [-0.15, -0.1) is 0 Å². The van der Waals surface area contributed by atoms with Crippen LogP contribution in [0.3, 0.4) is 0 Å². The molecule has 0 aromatic heterocycles. The first-order valence-electron chi connectivity index (χ1n) is 11.4. The lowest BCUT2D eigenvalue weighted by Gasteiger charge is -2.08.